The quantitative estimate of drug-likeness (QED) is 0.647. The molecular weight excluding hydrogens is 150 g/mol. The van der Waals surface area contributed by atoms with Gasteiger partial charge in [0.15, 0.2) is 0 Å². The average Bonchev–Trinajstić information content (AvgIpc) is 2.59. The van der Waals surface area contributed by atoms with Crippen LogP contribution < -0.4 is 5.32 Å². The Hall–Kier alpha value is -0.570. The molecular formula is C9H17N3. The van der Waals surface area contributed by atoms with E-state index in [4.69, 9.17) is 0 Å². The number of piperidine rings is 1. The molecule has 2 aliphatic rings. The Morgan fingerprint density at radius 1 is 1.25 bits per heavy atom. The van der Waals surface area contributed by atoms with E-state index in [1.165, 1.54) is 38.2 Å². The molecule has 0 radical (unpaired) electrons. The molecule has 0 aromatic rings. The Labute approximate surface area is 73.9 Å². The highest BCUT2D eigenvalue weighted by Crippen LogP contribution is 2.08. The minimum atomic E-state index is 0.975. The molecule has 0 saturated carbocycles. The average molecular weight is 167 g/mol. The van der Waals surface area contributed by atoms with Gasteiger partial charge in [-0.3, -0.25) is 9.89 Å². The highest BCUT2D eigenvalue weighted by atomic mass is 15.2. The summed E-state index contributed by atoms with van der Waals surface area (Å²) < 4.78 is 0. The van der Waals surface area contributed by atoms with Gasteiger partial charge in [0, 0.05) is 6.54 Å². The fourth-order valence-electron chi connectivity index (χ4n) is 1.88. The molecule has 0 unspecified atom stereocenters. The van der Waals surface area contributed by atoms with Gasteiger partial charge in [-0.15, -0.1) is 0 Å². The largest absolute Gasteiger partial charge is 0.371 e. The molecule has 1 N–H and O–H groups in total. The van der Waals surface area contributed by atoms with Crippen molar-refractivity contribution < 1.29 is 0 Å². The Bertz CT molecular complexity index is 171. The molecule has 1 saturated heterocycles. The molecule has 0 amide bonds. The standard InChI is InChI=1S/C9H17N3/c1-2-6-12(7-3-1)8-9-10-4-5-11-9/h1-8H2,(H,10,11). The molecule has 0 aromatic carbocycles. The van der Waals surface area contributed by atoms with E-state index in [0.29, 0.717) is 0 Å². The van der Waals surface area contributed by atoms with Crippen LogP contribution in [0.1, 0.15) is 19.3 Å². The molecule has 0 atom stereocenters. The molecule has 2 rings (SSSR count). The molecule has 0 aromatic heterocycles. The second-order valence-corrected chi connectivity index (χ2v) is 3.59. The summed E-state index contributed by atoms with van der Waals surface area (Å²) in [6, 6.07) is 0. The van der Waals surface area contributed by atoms with Crippen molar-refractivity contribution in [1.82, 2.24) is 10.2 Å². The molecule has 12 heavy (non-hydrogen) atoms. The van der Waals surface area contributed by atoms with E-state index in [-0.39, 0.29) is 0 Å². The summed E-state index contributed by atoms with van der Waals surface area (Å²) in [6.07, 6.45) is 4.15. The van der Waals surface area contributed by atoms with E-state index in [0.717, 1.165) is 19.6 Å². The van der Waals surface area contributed by atoms with Crippen LogP contribution in [0.2, 0.25) is 0 Å². The van der Waals surface area contributed by atoms with Crippen LogP contribution in [-0.2, 0) is 0 Å². The SMILES string of the molecule is C1CCN(CC2=NCCN2)CC1. The maximum atomic E-state index is 4.39. The van der Waals surface area contributed by atoms with Crippen molar-refractivity contribution in [2.24, 2.45) is 4.99 Å². The molecule has 2 aliphatic heterocycles. The van der Waals surface area contributed by atoms with Gasteiger partial charge in [-0.2, -0.15) is 0 Å². The topological polar surface area (TPSA) is 27.6 Å². The number of likely N-dealkylation sites (tertiary alicyclic amines) is 1. The van der Waals surface area contributed by atoms with Crippen LogP contribution in [0.4, 0.5) is 0 Å². The molecule has 68 valence electrons. The molecule has 1 fully saturated rings. The lowest BCUT2D eigenvalue weighted by Gasteiger charge is -2.26. The van der Waals surface area contributed by atoms with Gasteiger partial charge in [-0.1, -0.05) is 6.42 Å². The predicted octanol–water partition coefficient (Wildman–Crippen LogP) is 0.474. The van der Waals surface area contributed by atoms with Crippen LogP contribution in [0.25, 0.3) is 0 Å². The Balaban J connectivity index is 1.77. The monoisotopic (exact) mass is 167 g/mol. The summed E-state index contributed by atoms with van der Waals surface area (Å²) in [6.45, 7) is 5.60. The third-order valence-electron chi connectivity index (χ3n) is 2.57. The van der Waals surface area contributed by atoms with Gasteiger partial charge in [0.05, 0.1) is 13.1 Å². The van der Waals surface area contributed by atoms with Crippen molar-refractivity contribution in [1.29, 1.82) is 0 Å². The summed E-state index contributed by atoms with van der Waals surface area (Å²) in [7, 11) is 0. The summed E-state index contributed by atoms with van der Waals surface area (Å²) in [5, 5.41) is 3.31. The fraction of sp³-hybridized carbons (Fsp3) is 0.889. The fourth-order valence-corrected chi connectivity index (χ4v) is 1.88. The second-order valence-electron chi connectivity index (χ2n) is 3.59. The molecule has 3 heteroatoms. The van der Waals surface area contributed by atoms with Crippen molar-refractivity contribution >= 4 is 5.84 Å². The summed E-state index contributed by atoms with van der Waals surface area (Å²) in [5.41, 5.74) is 0. The zero-order valence-corrected chi connectivity index (χ0v) is 7.55. The highest BCUT2D eigenvalue weighted by molar-refractivity contribution is 5.85. The number of hydrogen-bond acceptors (Lipinski definition) is 3. The van der Waals surface area contributed by atoms with E-state index in [1.807, 2.05) is 0 Å². The Morgan fingerprint density at radius 2 is 2.08 bits per heavy atom. The van der Waals surface area contributed by atoms with E-state index in [1.54, 1.807) is 0 Å². The summed E-state index contributed by atoms with van der Waals surface area (Å²) in [4.78, 5) is 6.89. The van der Waals surface area contributed by atoms with Gasteiger partial charge in [0.25, 0.3) is 0 Å². The minimum Gasteiger partial charge on any atom is -0.371 e. The lowest BCUT2D eigenvalue weighted by atomic mass is 10.1. The number of amidine groups is 1. The molecule has 0 spiro atoms. The number of hydrogen-bond donors (Lipinski definition) is 1. The van der Waals surface area contributed by atoms with Gasteiger partial charge in [0.2, 0.25) is 0 Å². The minimum absolute atomic E-state index is 0.975. The van der Waals surface area contributed by atoms with E-state index in [2.05, 4.69) is 15.2 Å². The van der Waals surface area contributed by atoms with Crippen molar-refractivity contribution in [2.75, 3.05) is 32.7 Å². The van der Waals surface area contributed by atoms with Gasteiger partial charge in [-0.05, 0) is 25.9 Å². The first-order chi connectivity index (χ1) is 5.95. The van der Waals surface area contributed by atoms with Crippen LogP contribution in [0.5, 0.6) is 0 Å². The lowest BCUT2D eigenvalue weighted by molar-refractivity contribution is 0.257. The Kier molecular flexibility index (Phi) is 2.61. The van der Waals surface area contributed by atoms with Gasteiger partial charge < -0.3 is 5.32 Å². The molecule has 0 bridgehead atoms. The lowest BCUT2D eigenvalue weighted by Crippen LogP contribution is -2.38. The first kappa shape index (κ1) is 8.05. The van der Waals surface area contributed by atoms with E-state index in [9.17, 15) is 0 Å². The third kappa shape index (κ3) is 1.97. The van der Waals surface area contributed by atoms with Crippen molar-refractivity contribution in [2.45, 2.75) is 19.3 Å². The molecule has 2 heterocycles. The van der Waals surface area contributed by atoms with Gasteiger partial charge in [0.1, 0.15) is 5.84 Å². The Morgan fingerprint density at radius 3 is 2.75 bits per heavy atom. The number of aliphatic imine (C=N–C) groups is 1. The normalized spacial score (nSPS) is 25.2. The van der Waals surface area contributed by atoms with Crippen LogP contribution in [0.15, 0.2) is 4.99 Å². The zero-order chi connectivity index (χ0) is 8.23. The van der Waals surface area contributed by atoms with E-state index < -0.39 is 0 Å². The first-order valence-electron chi connectivity index (χ1n) is 4.95. The van der Waals surface area contributed by atoms with Crippen molar-refractivity contribution in [3.05, 3.63) is 0 Å². The predicted molar refractivity (Wildman–Crippen MR) is 50.6 cm³/mol. The maximum absolute atomic E-state index is 4.39. The first-order valence-corrected chi connectivity index (χ1v) is 4.95. The number of nitrogens with one attached hydrogen (secondary N) is 1. The van der Waals surface area contributed by atoms with Crippen molar-refractivity contribution in [3.8, 4) is 0 Å². The summed E-state index contributed by atoms with van der Waals surface area (Å²) >= 11 is 0. The van der Waals surface area contributed by atoms with Crippen LogP contribution in [-0.4, -0.2) is 43.5 Å². The van der Waals surface area contributed by atoms with E-state index >= 15 is 0 Å². The smallest absolute Gasteiger partial charge is 0.111 e. The third-order valence-corrected chi connectivity index (χ3v) is 2.57. The van der Waals surface area contributed by atoms with Gasteiger partial charge >= 0.3 is 0 Å². The zero-order valence-electron chi connectivity index (χ0n) is 7.55. The van der Waals surface area contributed by atoms with Crippen LogP contribution in [0, 0.1) is 0 Å². The van der Waals surface area contributed by atoms with Crippen molar-refractivity contribution in [3.63, 3.8) is 0 Å². The maximum Gasteiger partial charge on any atom is 0.111 e. The highest BCUT2D eigenvalue weighted by Gasteiger charge is 2.13. The second kappa shape index (κ2) is 3.90. The van der Waals surface area contributed by atoms with Crippen LogP contribution >= 0.6 is 0 Å². The molecule has 0 aliphatic carbocycles. The number of nitrogens with zero attached hydrogens (tertiary/aromatic N) is 2. The summed E-state index contributed by atoms with van der Waals surface area (Å²) in [5.74, 6) is 1.21. The molecule has 3 nitrogen and oxygen atoms in total. The van der Waals surface area contributed by atoms with Gasteiger partial charge in [-0.25, -0.2) is 0 Å². The number of rotatable bonds is 2. The van der Waals surface area contributed by atoms with Crippen LogP contribution in [0.3, 0.4) is 0 Å².